The molecule has 1 aliphatic heterocycles. The van der Waals surface area contributed by atoms with Crippen LogP contribution in [-0.2, 0) is 6.18 Å². The average Bonchev–Trinajstić information content (AvgIpc) is 2.50. The second-order valence-electron chi connectivity index (χ2n) is 5.16. The number of ether oxygens (including phenoxy) is 1. The van der Waals surface area contributed by atoms with Crippen molar-refractivity contribution in [2.45, 2.75) is 17.8 Å². The van der Waals surface area contributed by atoms with Gasteiger partial charge in [0.05, 0.1) is 12.2 Å². The van der Waals surface area contributed by atoms with Gasteiger partial charge in [0.1, 0.15) is 0 Å². The highest BCUT2D eigenvalue weighted by molar-refractivity contribution is 7.99. The molecule has 1 atom stereocenters. The number of halogens is 3. The molecule has 0 saturated carbocycles. The Morgan fingerprint density at radius 2 is 2.23 bits per heavy atom. The van der Waals surface area contributed by atoms with Crippen molar-refractivity contribution >= 4 is 17.6 Å². The largest absolute Gasteiger partial charge is 0.490 e. The number of rotatable bonds is 1. The van der Waals surface area contributed by atoms with Crippen LogP contribution in [0, 0.1) is 0 Å². The number of hydrogen-bond donors (Lipinski definition) is 1. The molecule has 1 aromatic heterocycles. The topological polar surface area (TPSA) is 37.4 Å². The lowest BCUT2D eigenvalue weighted by Crippen LogP contribution is -2.33. The molecule has 4 nitrogen and oxygen atoms in total. The van der Waals surface area contributed by atoms with Gasteiger partial charge in [-0.25, -0.2) is 4.98 Å². The zero-order valence-electron chi connectivity index (χ0n) is 12.6. The smallest absolute Gasteiger partial charge is 0.418 e. The van der Waals surface area contributed by atoms with E-state index in [0.29, 0.717) is 24.2 Å². The van der Waals surface area contributed by atoms with Crippen LogP contribution < -0.4 is 15.0 Å². The van der Waals surface area contributed by atoms with E-state index < -0.39 is 11.7 Å². The highest BCUT2D eigenvalue weighted by atomic mass is 32.2. The number of alkyl halides is 3. The average molecular weight is 335 g/mol. The fourth-order valence-electron chi connectivity index (χ4n) is 2.20. The van der Waals surface area contributed by atoms with Gasteiger partial charge in [-0.3, -0.25) is 0 Å². The molecule has 0 aliphatic carbocycles. The van der Waals surface area contributed by atoms with Gasteiger partial charge >= 0.3 is 6.18 Å². The van der Waals surface area contributed by atoms with Gasteiger partial charge in [-0.1, -0.05) is 0 Å². The Bertz CT molecular complexity index is 499. The first-order chi connectivity index (χ1) is 10.4. The molecular weight excluding hydrogens is 315 g/mol. The Morgan fingerprint density at radius 1 is 1.45 bits per heavy atom. The van der Waals surface area contributed by atoms with E-state index >= 15 is 0 Å². The van der Waals surface area contributed by atoms with Gasteiger partial charge in [-0.05, 0) is 18.7 Å². The first-order valence-electron chi connectivity index (χ1n) is 7.06. The number of nitrogens with zero attached hydrogens (tertiary/aromatic N) is 2. The predicted octanol–water partition coefficient (Wildman–Crippen LogP) is 2.64. The van der Waals surface area contributed by atoms with E-state index in [9.17, 15) is 13.2 Å². The molecule has 0 bridgehead atoms. The lowest BCUT2D eigenvalue weighted by atomic mass is 10.2. The van der Waals surface area contributed by atoms with Crippen molar-refractivity contribution in [3.63, 3.8) is 0 Å². The van der Waals surface area contributed by atoms with Gasteiger partial charge < -0.3 is 15.0 Å². The molecule has 0 fully saturated rings. The molecular formula is C14H20F3N3OS. The highest BCUT2D eigenvalue weighted by Gasteiger charge is 2.32. The SMILES string of the molecule is CSC1CCOc2cc(C(F)(F)F)cnc2N(C)CCNC1. The number of likely N-dealkylation sites (N-methyl/N-ethyl adjacent to an activating group) is 1. The van der Waals surface area contributed by atoms with E-state index in [1.807, 2.05) is 11.2 Å². The predicted molar refractivity (Wildman–Crippen MR) is 82.8 cm³/mol. The number of anilines is 1. The van der Waals surface area contributed by atoms with Crippen molar-refractivity contribution in [3.8, 4) is 5.75 Å². The summed E-state index contributed by atoms with van der Waals surface area (Å²) in [6.45, 7) is 2.62. The summed E-state index contributed by atoms with van der Waals surface area (Å²) in [4.78, 5) is 5.77. The van der Waals surface area contributed by atoms with Crippen LogP contribution in [0.5, 0.6) is 5.75 Å². The highest BCUT2D eigenvalue weighted by Crippen LogP contribution is 2.35. The standard InChI is InChI=1S/C14H20F3N3OS/c1-20-5-4-18-9-11(22-2)3-6-21-12-7-10(14(15,16)17)8-19-13(12)20/h7-8,11,18H,3-6,9H2,1-2H3. The van der Waals surface area contributed by atoms with E-state index in [0.717, 1.165) is 31.8 Å². The molecule has 0 amide bonds. The van der Waals surface area contributed by atoms with Gasteiger partial charge in [0.2, 0.25) is 0 Å². The van der Waals surface area contributed by atoms with Gasteiger partial charge in [0.15, 0.2) is 11.6 Å². The summed E-state index contributed by atoms with van der Waals surface area (Å²) in [7, 11) is 1.80. The summed E-state index contributed by atoms with van der Waals surface area (Å²) >= 11 is 1.73. The second kappa shape index (κ2) is 7.41. The third-order valence-electron chi connectivity index (χ3n) is 3.55. The number of nitrogens with one attached hydrogen (secondary N) is 1. The van der Waals surface area contributed by atoms with Crippen molar-refractivity contribution in [1.29, 1.82) is 0 Å². The van der Waals surface area contributed by atoms with E-state index in [4.69, 9.17) is 4.74 Å². The molecule has 8 heteroatoms. The fraction of sp³-hybridized carbons (Fsp3) is 0.643. The molecule has 2 rings (SSSR count). The van der Waals surface area contributed by atoms with Crippen molar-refractivity contribution < 1.29 is 17.9 Å². The van der Waals surface area contributed by atoms with E-state index in [1.165, 1.54) is 0 Å². The molecule has 1 unspecified atom stereocenters. The first-order valence-corrected chi connectivity index (χ1v) is 8.35. The Hall–Kier alpha value is -1.15. The molecule has 0 saturated heterocycles. The molecule has 2 heterocycles. The summed E-state index contributed by atoms with van der Waals surface area (Å²) < 4.78 is 44.1. The molecule has 1 aromatic rings. The van der Waals surface area contributed by atoms with Crippen molar-refractivity contribution in [2.75, 3.05) is 44.4 Å². The van der Waals surface area contributed by atoms with E-state index in [-0.39, 0.29) is 5.75 Å². The number of fused-ring (bicyclic) bond motifs is 1. The number of hydrogen-bond acceptors (Lipinski definition) is 5. The molecule has 0 spiro atoms. The van der Waals surface area contributed by atoms with Crippen molar-refractivity contribution in [3.05, 3.63) is 17.8 Å². The lowest BCUT2D eigenvalue weighted by molar-refractivity contribution is -0.137. The Kier molecular flexibility index (Phi) is 5.80. The van der Waals surface area contributed by atoms with Crippen molar-refractivity contribution in [1.82, 2.24) is 10.3 Å². The normalized spacial score (nSPS) is 20.8. The van der Waals surface area contributed by atoms with Crippen LogP contribution in [0.1, 0.15) is 12.0 Å². The van der Waals surface area contributed by atoms with Crippen LogP contribution in [0.2, 0.25) is 0 Å². The van der Waals surface area contributed by atoms with Crippen LogP contribution in [-0.4, -0.2) is 49.8 Å². The summed E-state index contributed by atoms with van der Waals surface area (Å²) in [5, 5.41) is 3.74. The van der Waals surface area contributed by atoms with Gasteiger partial charge in [0, 0.05) is 38.1 Å². The van der Waals surface area contributed by atoms with E-state index in [2.05, 4.69) is 10.3 Å². The maximum atomic E-state index is 12.8. The molecule has 1 aliphatic rings. The summed E-state index contributed by atoms with van der Waals surface area (Å²) in [5.41, 5.74) is -0.783. The number of pyridine rings is 1. The summed E-state index contributed by atoms with van der Waals surface area (Å²) in [5.74, 6) is 0.636. The molecule has 124 valence electrons. The summed E-state index contributed by atoms with van der Waals surface area (Å²) in [6, 6.07) is 1.04. The zero-order chi connectivity index (χ0) is 16.2. The van der Waals surface area contributed by atoms with Gasteiger partial charge in [-0.2, -0.15) is 24.9 Å². The van der Waals surface area contributed by atoms with Crippen molar-refractivity contribution in [2.24, 2.45) is 0 Å². The number of thioether (sulfide) groups is 1. The molecule has 0 aromatic carbocycles. The minimum absolute atomic E-state index is 0.194. The summed E-state index contributed by atoms with van der Waals surface area (Å²) in [6.07, 6.45) is -0.765. The fourth-order valence-corrected chi connectivity index (χ4v) is 2.82. The third kappa shape index (κ3) is 4.42. The second-order valence-corrected chi connectivity index (χ2v) is 6.30. The number of aromatic nitrogens is 1. The molecule has 22 heavy (non-hydrogen) atoms. The maximum Gasteiger partial charge on any atom is 0.418 e. The molecule has 0 radical (unpaired) electrons. The van der Waals surface area contributed by atoms with Crippen LogP contribution in [0.25, 0.3) is 0 Å². The van der Waals surface area contributed by atoms with Crippen LogP contribution in [0.15, 0.2) is 12.3 Å². The minimum Gasteiger partial charge on any atom is -0.490 e. The monoisotopic (exact) mass is 335 g/mol. The third-order valence-corrected chi connectivity index (χ3v) is 4.62. The lowest BCUT2D eigenvalue weighted by Gasteiger charge is -2.21. The van der Waals surface area contributed by atoms with Gasteiger partial charge in [-0.15, -0.1) is 0 Å². The van der Waals surface area contributed by atoms with Crippen LogP contribution in [0.3, 0.4) is 0 Å². The Balaban J connectivity index is 2.26. The Morgan fingerprint density at radius 3 is 2.91 bits per heavy atom. The quantitative estimate of drug-likeness (QED) is 0.854. The molecule has 1 N–H and O–H groups in total. The zero-order valence-corrected chi connectivity index (χ0v) is 13.4. The maximum absolute atomic E-state index is 12.8. The first kappa shape index (κ1) is 17.2. The van der Waals surface area contributed by atoms with Crippen LogP contribution in [0.4, 0.5) is 19.0 Å². The van der Waals surface area contributed by atoms with E-state index in [1.54, 1.807) is 18.8 Å². The van der Waals surface area contributed by atoms with Crippen LogP contribution >= 0.6 is 11.8 Å². The Labute approximate surface area is 132 Å². The minimum atomic E-state index is -4.42. The van der Waals surface area contributed by atoms with Gasteiger partial charge in [0.25, 0.3) is 0 Å².